The van der Waals surface area contributed by atoms with Crippen LogP contribution in [-0.2, 0) is 0 Å². The summed E-state index contributed by atoms with van der Waals surface area (Å²) in [6.07, 6.45) is 3.10. The Morgan fingerprint density at radius 1 is 0.893 bits per heavy atom. The largest absolute Gasteiger partial charge is 0.378 e. The zero-order valence-corrected chi connectivity index (χ0v) is 16.1. The standard InChI is InChI=1S/C22H22N4O2/c1-15-12-19(26(2)3)9-10-20(15)25-21(27)16-6-4-8-18(13-16)24-22(28)17-7-5-11-23-14-17/h4-14H,1-3H3,(H,24,28)(H,25,27). The Bertz CT molecular complexity index is 1000. The fourth-order valence-electron chi connectivity index (χ4n) is 2.70. The molecule has 142 valence electrons. The van der Waals surface area contributed by atoms with Crippen molar-refractivity contribution >= 4 is 28.9 Å². The number of aromatic nitrogens is 1. The van der Waals surface area contributed by atoms with Gasteiger partial charge in [0.1, 0.15) is 0 Å². The van der Waals surface area contributed by atoms with Gasteiger partial charge in [0, 0.05) is 49.1 Å². The molecule has 0 saturated carbocycles. The van der Waals surface area contributed by atoms with Crippen LogP contribution in [-0.4, -0.2) is 30.9 Å². The van der Waals surface area contributed by atoms with E-state index in [0.29, 0.717) is 16.8 Å². The molecule has 0 spiro atoms. The molecule has 6 heteroatoms. The van der Waals surface area contributed by atoms with Crippen LogP contribution >= 0.6 is 0 Å². The molecule has 28 heavy (non-hydrogen) atoms. The summed E-state index contributed by atoms with van der Waals surface area (Å²) in [7, 11) is 3.94. The number of amides is 2. The topological polar surface area (TPSA) is 74.3 Å². The van der Waals surface area contributed by atoms with Crippen LogP contribution in [0.4, 0.5) is 17.1 Å². The Morgan fingerprint density at radius 2 is 1.64 bits per heavy atom. The number of hydrogen-bond acceptors (Lipinski definition) is 4. The van der Waals surface area contributed by atoms with E-state index in [1.165, 1.54) is 6.20 Å². The van der Waals surface area contributed by atoms with E-state index in [0.717, 1.165) is 16.9 Å². The van der Waals surface area contributed by atoms with Crippen LogP contribution in [0.1, 0.15) is 26.3 Å². The molecule has 1 heterocycles. The molecule has 0 unspecified atom stereocenters. The number of pyridine rings is 1. The molecule has 0 aliphatic rings. The smallest absolute Gasteiger partial charge is 0.257 e. The Labute approximate surface area is 164 Å². The van der Waals surface area contributed by atoms with Crippen LogP contribution in [0.2, 0.25) is 0 Å². The van der Waals surface area contributed by atoms with Gasteiger partial charge in [-0.25, -0.2) is 0 Å². The first-order valence-electron chi connectivity index (χ1n) is 8.85. The van der Waals surface area contributed by atoms with Crippen molar-refractivity contribution < 1.29 is 9.59 Å². The first-order valence-corrected chi connectivity index (χ1v) is 8.85. The third-order valence-electron chi connectivity index (χ3n) is 4.28. The highest BCUT2D eigenvalue weighted by Crippen LogP contribution is 2.22. The molecule has 1 aromatic heterocycles. The number of benzene rings is 2. The highest BCUT2D eigenvalue weighted by atomic mass is 16.2. The number of hydrogen-bond donors (Lipinski definition) is 2. The fraction of sp³-hybridized carbons (Fsp3) is 0.136. The minimum Gasteiger partial charge on any atom is -0.378 e. The third kappa shape index (κ3) is 4.54. The Kier molecular flexibility index (Phi) is 5.69. The van der Waals surface area contributed by atoms with Crippen LogP contribution in [0.3, 0.4) is 0 Å². The summed E-state index contributed by atoms with van der Waals surface area (Å²) < 4.78 is 0. The molecule has 0 bridgehead atoms. The SMILES string of the molecule is Cc1cc(N(C)C)ccc1NC(=O)c1cccc(NC(=O)c2cccnc2)c1. The highest BCUT2D eigenvalue weighted by molar-refractivity contribution is 6.07. The highest BCUT2D eigenvalue weighted by Gasteiger charge is 2.11. The molecule has 0 aliphatic heterocycles. The molecule has 3 aromatic rings. The van der Waals surface area contributed by atoms with Crippen molar-refractivity contribution in [3.05, 3.63) is 83.7 Å². The number of rotatable bonds is 5. The second-order valence-corrected chi connectivity index (χ2v) is 6.62. The van der Waals surface area contributed by atoms with Gasteiger partial charge in [-0.1, -0.05) is 6.07 Å². The maximum absolute atomic E-state index is 12.6. The second kappa shape index (κ2) is 8.35. The average molecular weight is 374 g/mol. The van der Waals surface area contributed by atoms with Crippen molar-refractivity contribution in [2.75, 3.05) is 29.6 Å². The van der Waals surface area contributed by atoms with Crippen LogP contribution in [0.15, 0.2) is 67.0 Å². The normalized spacial score (nSPS) is 10.2. The number of aryl methyl sites for hydroxylation is 1. The van der Waals surface area contributed by atoms with E-state index in [9.17, 15) is 9.59 Å². The third-order valence-corrected chi connectivity index (χ3v) is 4.28. The average Bonchev–Trinajstić information content (AvgIpc) is 2.70. The Morgan fingerprint density at radius 3 is 2.32 bits per heavy atom. The zero-order valence-electron chi connectivity index (χ0n) is 16.1. The number of carbonyl (C=O) groups excluding carboxylic acids is 2. The van der Waals surface area contributed by atoms with Gasteiger partial charge in [0.25, 0.3) is 11.8 Å². The lowest BCUT2D eigenvalue weighted by Gasteiger charge is -2.15. The van der Waals surface area contributed by atoms with Crippen molar-refractivity contribution in [3.63, 3.8) is 0 Å². The van der Waals surface area contributed by atoms with Crippen LogP contribution in [0.5, 0.6) is 0 Å². The summed E-state index contributed by atoms with van der Waals surface area (Å²) in [5.41, 5.74) is 4.24. The Balaban J connectivity index is 1.73. The van der Waals surface area contributed by atoms with Gasteiger partial charge < -0.3 is 15.5 Å². The van der Waals surface area contributed by atoms with Gasteiger partial charge in [0.2, 0.25) is 0 Å². The Hall–Kier alpha value is -3.67. The predicted octanol–water partition coefficient (Wildman–Crippen LogP) is 3.96. The summed E-state index contributed by atoms with van der Waals surface area (Å²) in [5.74, 6) is -0.515. The molecule has 2 amide bonds. The molecule has 6 nitrogen and oxygen atoms in total. The molecule has 0 radical (unpaired) electrons. The number of anilines is 3. The van der Waals surface area contributed by atoms with Crippen LogP contribution in [0, 0.1) is 6.92 Å². The van der Waals surface area contributed by atoms with Crippen molar-refractivity contribution in [1.82, 2.24) is 4.98 Å². The first kappa shape index (κ1) is 19.1. The van der Waals surface area contributed by atoms with Crippen LogP contribution < -0.4 is 15.5 Å². The summed E-state index contributed by atoms with van der Waals surface area (Å²) in [4.78, 5) is 30.9. The van der Waals surface area contributed by atoms with Crippen molar-refractivity contribution in [2.24, 2.45) is 0 Å². The van der Waals surface area contributed by atoms with E-state index in [1.54, 1.807) is 42.6 Å². The summed E-state index contributed by atoms with van der Waals surface area (Å²) in [5, 5.41) is 5.71. The van der Waals surface area contributed by atoms with Gasteiger partial charge in [0.05, 0.1) is 5.56 Å². The minimum absolute atomic E-state index is 0.238. The molecular weight excluding hydrogens is 352 g/mol. The van der Waals surface area contributed by atoms with E-state index in [1.807, 2.05) is 44.1 Å². The van der Waals surface area contributed by atoms with Crippen molar-refractivity contribution in [3.8, 4) is 0 Å². The van der Waals surface area contributed by atoms with E-state index >= 15 is 0 Å². The van der Waals surface area contributed by atoms with Gasteiger partial charge in [0.15, 0.2) is 0 Å². The minimum atomic E-state index is -0.277. The number of nitrogens with zero attached hydrogens (tertiary/aromatic N) is 2. The van der Waals surface area contributed by atoms with Gasteiger partial charge >= 0.3 is 0 Å². The van der Waals surface area contributed by atoms with Gasteiger partial charge in [-0.15, -0.1) is 0 Å². The molecule has 0 aliphatic carbocycles. The molecular formula is C22H22N4O2. The molecule has 2 N–H and O–H groups in total. The molecule has 0 fully saturated rings. The quantitative estimate of drug-likeness (QED) is 0.709. The van der Waals surface area contributed by atoms with E-state index in [2.05, 4.69) is 15.6 Å². The molecule has 3 rings (SSSR count). The predicted molar refractivity (Wildman–Crippen MR) is 112 cm³/mol. The van der Waals surface area contributed by atoms with Gasteiger partial charge in [-0.3, -0.25) is 14.6 Å². The van der Waals surface area contributed by atoms with Crippen molar-refractivity contribution in [1.29, 1.82) is 0 Å². The second-order valence-electron chi connectivity index (χ2n) is 6.62. The lowest BCUT2D eigenvalue weighted by molar-refractivity contribution is 0.101. The maximum Gasteiger partial charge on any atom is 0.257 e. The lowest BCUT2D eigenvalue weighted by atomic mass is 10.1. The van der Waals surface area contributed by atoms with E-state index in [4.69, 9.17) is 0 Å². The van der Waals surface area contributed by atoms with Gasteiger partial charge in [-0.2, -0.15) is 0 Å². The summed E-state index contributed by atoms with van der Waals surface area (Å²) in [6.45, 7) is 1.95. The lowest BCUT2D eigenvalue weighted by Crippen LogP contribution is -2.15. The molecule has 0 saturated heterocycles. The van der Waals surface area contributed by atoms with E-state index < -0.39 is 0 Å². The zero-order chi connectivity index (χ0) is 20.1. The molecule has 2 aromatic carbocycles. The number of nitrogens with one attached hydrogen (secondary N) is 2. The first-order chi connectivity index (χ1) is 13.4. The van der Waals surface area contributed by atoms with E-state index in [-0.39, 0.29) is 11.8 Å². The summed E-state index contributed by atoms with van der Waals surface area (Å²) in [6, 6.07) is 16.1. The summed E-state index contributed by atoms with van der Waals surface area (Å²) >= 11 is 0. The number of carbonyl (C=O) groups is 2. The molecule has 0 atom stereocenters. The van der Waals surface area contributed by atoms with Gasteiger partial charge in [-0.05, 0) is 61.0 Å². The van der Waals surface area contributed by atoms with Crippen molar-refractivity contribution in [2.45, 2.75) is 6.92 Å². The monoisotopic (exact) mass is 374 g/mol. The fourth-order valence-corrected chi connectivity index (χ4v) is 2.70. The van der Waals surface area contributed by atoms with Crippen LogP contribution in [0.25, 0.3) is 0 Å². The maximum atomic E-state index is 12.6.